The Balaban J connectivity index is 2.34. The van der Waals surface area contributed by atoms with E-state index in [1.54, 1.807) is 31.3 Å². The lowest BCUT2D eigenvalue weighted by molar-refractivity contribution is 0.457. The van der Waals surface area contributed by atoms with Gasteiger partial charge in [-0.25, -0.2) is 4.98 Å². The second kappa shape index (κ2) is 6.29. The Morgan fingerprint density at radius 2 is 1.90 bits per heavy atom. The van der Waals surface area contributed by atoms with Crippen LogP contribution in [0.5, 0.6) is 11.6 Å². The van der Waals surface area contributed by atoms with Gasteiger partial charge in [0.1, 0.15) is 17.4 Å². The molecule has 0 aliphatic carbocycles. The number of nitrogens with one attached hydrogen (secondary N) is 1. The molecule has 0 saturated carbocycles. The van der Waals surface area contributed by atoms with Crippen molar-refractivity contribution in [1.82, 2.24) is 9.97 Å². The van der Waals surface area contributed by atoms with Crippen LogP contribution in [0.1, 0.15) is 25.6 Å². The minimum absolute atomic E-state index is 0.200. The first-order valence-corrected chi connectivity index (χ1v) is 6.95. The second-order valence-electron chi connectivity index (χ2n) is 4.53. The van der Waals surface area contributed by atoms with Gasteiger partial charge in [-0.3, -0.25) is 0 Å². The number of anilines is 1. The van der Waals surface area contributed by atoms with Crippen molar-refractivity contribution in [2.24, 2.45) is 0 Å². The molecule has 6 heteroatoms. The molecule has 0 aliphatic rings. The Kier molecular flexibility index (Phi) is 4.68. The summed E-state index contributed by atoms with van der Waals surface area (Å²) >= 11 is 11.9. The summed E-state index contributed by atoms with van der Waals surface area (Å²) in [4.78, 5) is 8.75. The lowest BCUT2D eigenvalue weighted by Crippen LogP contribution is -2.03. The Labute approximate surface area is 128 Å². The summed E-state index contributed by atoms with van der Waals surface area (Å²) in [6.45, 7) is 4.04. The van der Waals surface area contributed by atoms with Crippen molar-refractivity contribution in [3.63, 3.8) is 0 Å². The smallest absolute Gasteiger partial charge is 0.224 e. The fourth-order valence-electron chi connectivity index (χ4n) is 1.55. The first kappa shape index (κ1) is 14.9. The maximum Gasteiger partial charge on any atom is 0.224 e. The average molecular weight is 312 g/mol. The zero-order valence-corrected chi connectivity index (χ0v) is 13.0. The number of nitrogens with zero attached hydrogens (tertiary/aromatic N) is 2. The highest BCUT2D eigenvalue weighted by Crippen LogP contribution is 2.31. The predicted octanol–water partition coefficient (Wildman–Crippen LogP) is 4.74. The van der Waals surface area contributed by atoms with E-state index in [0.717, 1.165) is 0 Å². The monoisotopic (exact) mass is 311 g/mol. The third kappa shape index (κ3) is 3.52. The van der Waals surface area contributed by atoms with Crippen molar-refractivity contribution in [1.29, 1.82) is 0 Å². The quantitative estimate of drug-likeness (QED) is 0.885. The van der Waals surface area contributed by atoms with Gasteiger partial charge in [-0.15, -0.1) is 0 Å². The molecule has 0 aliphatic heterocycles. The maximum atomic E-state index is 6.09. The molecule has 1 aromatic carbocycles. The molecule has 4 nitrogen and oxygen atoms in total. The van der Waals surface area contributed by atoms with Crippen LogP contribution in [0.25, 0.3) is 0 Å². The lowest BCUT2D eigenvalue weighted by atomic mass is 10.2. The maximum absolute atomic E-state index is 6.09. The highest BCUT2D eigenvalue weighted by atomic mass is 35.5. The molecule has 1 N–H and O–H groups in total. The zero-order valence-electron chi connectivity index (χ0n) is 11.4. The van der Waals surface area contributed by atoms with Crippen molar-refractivity contribution in [3.05, 3.63) is 40.1 Å². The largest absolute Gasteiger partial charge is 0.437 e. The van der Waals surface area contributed by atoms with E-state index in [0.29, 0.717) is 33.3 Å². The highest BCUT2D eigenvalue weighted by Gasteiger charge is 2.10. The fraction of sp³-hybridized carbons (Fsp3) is 0.286. The Bertz CT molecular complexity index is 617. The van der Waals surface area contributed by atoms with Gasteiger partial charge >= 0.3 is 0 Å². The zero-order chi connectivity index (χ0) is 14.7. The fourth-order valence-corrected chi connectivity index (χ4v) is 2.00. The van der Waals surface area contributed by atoms with E-state index in [-0.39, 0.29) is 5.92 Å². The molecule has 1 heterocycles. The Morgan fingerprint density at radius 3 is 2.50 bits per heavy atom. The summed E-state index contributed by atoms with van der Waals surface area (Å²) in [6, 6.07) is 6.77. The molecule has 1 aromatic heterocycles. The van der Waals surface area contributed by atoms with E-state index in [1.165, 1.54) is 0 Å². The van der Waals surface area contributed by atoms with Gasteiger partial charge in [0, 0.05) is 24.1 Å². The number of hydrogen-bond donors (Lipinski definition) is 1. The predicted molar refractivity (Wildman–Crippen MR) is 82.2 cm³/mol. The third-order valence-electron chi connectivity index (χ3n) is 2.60. The van der Waals surface area contributed by atoms with E-state index >= 15 is 0 Å². The average Bonchev–Trinajstić information content (AvgIpc) is 2.41. The van der Waals surface area contributed by atoms with Gasteiger partial charge in [0.25, 0.3) is 0 Å². The van der Waals surface area contributed by atoms with Crippen molar-refractivity contribution in [2.45, 2.75) is 19.8 Å². The molecule has 0 spiro atoms. The standard InChI is InChI=1S/C14H15Cl2N3O/c1-8(2)14-18-12(17-3)7-13(19-14)20-11-5-4-9(15)6-10(11)16/h4-8H,1-3H3,(H,17,18,19). The van der Waals surface area contributed by atoms with Gasteiger partial charge in [-0.1, -0.05) is 37.0 Å². The van der Waals surface area contributed by atoms with E-state index in [9.17, 15) is 0 Å². The van der Waals surface area contributed by atoms with Crippen molar-refractivity contribution in [2.75, 3.05) is 12.4 Å². The molecule has 0 bridgehead atoms. The summed E-state index contributed by atoms with van der Waals surface area (Å²) in [5.74, 6) is 2.55. The Morgan fingerprint density at radius 1 is 1.15 bits per heavy atom. The number of aromatic nitrogens is 2. The van der Waals surface area contributed by atoms with Crippen LogP contribution in [0.4, 0.5) is 5.82 Å². The van der Waals surface area contributed by atoms with Gasteiger partial charge in [0.05, 0.1) is 5.02 Å². The number of halogens is 2. The molecule has 2 aromatic rings. The van der Waals surface area contributed by atoms with E-state index in [4.69, 9.17) is 27.9 Å². The molecule has 20 heavy (non-hydrogen) atoms. The third-order valence-corrected chi connectivity index (χ3v) is 3.13. The SMILES string of the molecule is CNc1cc(Oc2ccc(Cl)cc2Cl)nc(C(C)C)n1. The molecule has 2 rings (SSSR count). The van der Waals surface area contributed by atoms with Crippen LogP contribution in [0.15, 0.2) is 24.3 Å². The molecule has 0 atom stereocenters. The van der Waals surface area contributed by atoms with Crippen molar-refractivity contribution in [3.8, 4) is 11.6 Å². The van der Waals surface area contributed by atoms with E-state index in [2.05, 4.69) is 15.3 Å². The Hall–Kier alpha value is -1.52. The summed E-state index contributed by atoms with van der Waals surface area (Å²) in [5.41, 5.74) is 0. The van der Waals surface area contributed by atoms with Crippen LogP contribution in [-0.2, 0) is 0 Å². The second-order valence-corrected chi connectivity index (χ2v) is 5.37. The number of rotatable bonds is 4. The van der Waals surface area contributed by atoms with Gasteiger partial charge in [-0.05, 0) is 18.2 Å². The minimum atomic E-state index is 0.200. The lowest BCUT2D eigenvalue weighted by Gasteiger charge is -2.11. The molecular weight excluding hydrogens is 297 g/mol. The van der Waals surface area contributed by atoms with Crippen LogP contribution >= 0.6 is 23.2 Å². The molecule has 106 valence electrons. The van der Waals surface area contributed by atoms with Gasteiger partial charge in [-0.2, -0.15) is 4.98 Å². The number of benzene rings is 1. The van der Waals surface area contributed by atoms with Crippen LogP contribution in [0.3, 0.4) is 0 Å². The molecule has 0 saturated heterocycles. The number of ether oxygens (including phenoxy) is 1. The normalized spacial score (nSPS) is 10.7. The summed E-state index contributed by atoms with van der Waals surface area (Å²) < 4.78 is 5.72. The van der Waals surface area contributed by atoms with Crippen molar-refractivity contribution < 1.29 is 4.74 Å². The van der Waals surface area contributed by atoms with Crippen LogP contribution in [-0.4, -0.2) is 17.0 Å². The van der Waals surface area contributed by atoms with Crippen LogP contribution in [0.2, 0.25) is 10.0 Å². The van der Waals surface area contributed by atoms with Crippen LogP contribution in [0, 0.1) is 0 Å². The van der Waals surface area contributed by atoms with E-state index in [1.807, 2.05) is 13.8 Å². The van der Waals surface area contributed by atoms with Gasteiger partial charge < -0.3 is 10.1 Å². The first-order valence-electron chi connectivity index (χ1n) is 6.19. The summed E-state index contributed by atoms with van der Waals surface area (Å²) in [5, 5.41) is 3.98. The van der Waals surface area contributed by atoms with Gasteiger partial charge in [0.15, 0.2) is 0 Å². The summed E-state index contributed by atoms with van der Waals surface area (Å²) in [6.07, 6.45) is 0. The highest BCUT2D eigenvalue weighted by molar-refractivity contribution is 6.35. The van der Waals surface area contributed by atoms with E-state index < -0.39 is 0 Å². The van der Waals surface area contributed by atoms with Crippen LogP contribution < -0.4 is 10.1 Å². The van der Waals surface area contributed by atoms with Crippen molar-refractivity contribution >= 4 is 29.0 Å². The molecule has 0 amide bonds. The first-order chi connectivity index (χ1) is 9.49. The molecule has 0 unspecified atom stereocenters. The molecule has 0 radical (unpaired) electrons. The molecular formula is C14H15Cl2N3O. The molecule has 0 fully saturated rings. The number of hydrogen-bond acceptors (Lipinski definition) is 4. The van der Waals surface area contributed by atoms with Gasteiger partial charge in [0.2, 0.25) is 5.88 Å². The topological polar surface area (TPSA) is 47.0 Å². The summed E-state index contributed by atoms with van der Waals surface area (Å²) in [7, 11) is 1.80. The minimum Gasteiger partial charge on any atom is -0.437 e.